The van der Waals surface area contributed by atoms with Crippen molar-refractivity contribution >= 4 is 10.0 Å². The molecule has 1 saturated carbocycles. The molecule has 0 amide bonds. The molecule has 1 fully saturated rings. The zero-order valence-electron chi connectivity index (χ0n) is 13.0. The van der Waals surface area contributed by atoms with Gasteiger partial charge in [0.2, 0.25) is 10.0 Å². The standard InChI is InChI=1S/C16H26N2O2S/c1-3-5-11-18(15-9-10-15)21(19,20)16-8-6-7-14(12-16)13-17-4-2/h6-8,12,15,17H,3-5,9-11,13H2,1-2H3. The van der Waals surface area contributed by atoms with Crippen LogP contribution in [0, 0.1) is 0 Å². The van der Waals surface area contributed by atoms with E-state index in [1.54, 1.807) is 16.4 Å². The zero-order valence-corrected chi connectivity index (χ0v) is 13.8. The quantitative estimate of drug-likeness (QED) is 0.763. The van der Waals surface area contributed by atoms with Crippen molar-refractivity contribution in [2.75, 3.05) is 13.1 Å². The molecule has 0 bridgehead atoms. The lowest BCUT2D eigenvalue weighted by Crippen LogP contribution is -2.34. The number of sulfonamides is 1. The summed E-state index contributed by atoms with van der Waals surface area (Å²) < 4.78 is 27.4. The monoisotopic (exact) mass is 310 g/mol. The molecule has 0 aliphatic heterocycles. The Labute approximate surface area is 128 Å². The lowest BCUT2D eigenvalue weighted by molar-refractivity contribution is 0.395. The van der Waals surface area contributed by atoms with E-state index < -0.39 is 10.0 Å². The topological polar surface area (TPSA) is 49.4 Å². The molecule has 118 valence electrons. The Bertz CT molecular complexity index is 553. The van der Waals surface area contributed by atoms with Crippen LogP contribution in [-0.4, -0.2) is 31.9 Å². The molecule has 0 saturated heterocycles. The molecule has 1 aliphatic carbocycles. The van der Waals surface area contributed by atoms with E-state index in [0.717, 1.165) is 37.8 Å². The van der Waals surface area contributed by atoms with Gasteiger partial charge < -0.3 is 5.32 Å². The second kappa shape index (κ2) is 7.38. The van der Waals surface area contributed by atoms with Crippen LogP contribution in [0.25, 0.3) is 0 Å². The molecule has 2 rings (SSSR count). The van der Waals surface area contributed by atoms with Crippen LogP contribution < -0.4 is 5.32 Å². The van der Waals surface area contributed by atoms with E-state index in [2.05, 4.69) is 12.2 Å². The van der Waals surface area contributed by atoms with Crippen molar-refractivity contribution in [1.29, 1.82) is 0 Å². The van der Waals surface area contributed by atoms with Crippen LogP contribution in [0.2, 0.25) is 0 Å². The van der Waals surface area contributed by atoms with Crippen LogP contribution in [0.1, 0.15) is 45.1 Å². The fourth-order valence-corrected chi connectivity index (χ4v) is 4.19. The molecular weight excluding hydrogens is 284 g/mol. The van der Waals surface area contributed by atoms with Crippen LogP contribution in [0.15, 0.2) is 29.2 Å². The Morgan fingerprint density at radius 3 is 2.67 bits per heavy atom. The molecule has 0 aromatic heterocycles. The van der Waals surface area contributed by atoms with Crippen LogP contribution in [0.3, 0.4) is 0 Å². The van der Waals surface area contributed by atoms with E-state index in [1.165, 1.54) is 0 Å². The maximum Gasteiger partial charge on any atom is 0.243 e. The molecule has 4 nitrogen and oxygen atoms in total. The van der Waals surface area contributed by atoms with Crippen molar-refractivity contribution in [3.8, 4) is 0 Å². The average Bonchev–Trinajstić information content (AvgIpc) is 3.30. The number of hydrogen-bond donors (Lipinski definition) is 1. The van der Waals surface area contributed by atoms with Gasteiger partial charge in [0.15, 0.2) is 0 Å². The zero-order chi connectivity index (χ0) is 15.3. The molecule has 0 unspecified atom stereocenters. The van der Waals surface area contributed by atoms with Gasteiger partial charge in [-0.2, -0.15) is 4.31 Å². The summed E-state index contributed by atoms with van der Waals surface area (Å²) in [5, 5.41) is 3.23. The van der Waals surface area contributed by atoms with Crippen molar-refractivity contribution in [3.63, 3.8) is 0 Å². The largest absolute Gasteiger partial charge is 0.313 e. The molecule has 0 spiro atoms. The second-order valence-electron chi connectivity index (χ2n) is 5.63. The highest BCUT2D eigenvalue weighted by molar-refractivity contribution is 7.89. The predicted molar refractivity (Wildman–Crippen MR) is 85.6 cm³/mol. The molecule has 21 heavy (non-hydrogen) atoms. The minimum Gasteiger partial charge on any atom is -0.313 e. The summed E-state index contributed by atoms with van der Waals surface area (Å²) in [5.41, 5.74) is 1.02. The Kier molecular flexibility index (Phi) is 5.79. The molecule has 5 heteroatoms. The Morgan fingerprint density at radius 2 is 2.05 bits per heavy atom. The van der Waals surface area contributed by atoms with E-state index in [1.807, 2.05) is 19.1 Å². The molecule has 0 radical (unpaired) electrons. The van der Waals surface area contributed by atoms with Crippen LogP contribution in [0.5, 0.6) is 0 Å². The van der Waals surface area contributed by atoms with E-state index in [-0.39, 0.29) is 6.04 Å². The lowest BCUT2D eigenvalue weighted by Gasteiger charge is -2.22. The fraction of sp³-hybridized carbons (Fsp3) is 0.625. The molecule has 1 aromatic rings. The molecular formula is C16H26N2O2S. The van der Waals surface area contributed by atoms with Crippen LogP contribution in [0.4, 0.5) is 0 Å². The van der Waals surface area contributed by atoms with E-state index >= 15 is 0 Å². The number of rotatable bonds is 9. The molecule has 0 heterocycles. The summed E-state index contributed by atoms with van der Waals surface area (Å²) in [7, 11) is -3.35. The summed E-state index contributed by atoms with van der Waals surface area (Å²) in [6.45, 7) is 6.36. The second-order valence-corrected chi connectivity index (χ2v) is 7.52. The SMILES string of the molecule is CCCCN(C1CC1)S(=O)(=O)c1cccc(CNCC)c1. The Morgan fingerprint density at radius 1 is 1.29 bits per heavy atom. The summed E-state index contributed by atoms with van der Waals surface area (Å²) in [6.07, 6.45) is 3.94. The van der Waals surface area contributed by atoms with E-state index in [0.29, 0.717) is 18.0 Å². The first-order chi connectivity index (χ1) is 10.1. The number of hydrogen-bond acceptors (Lipinski definition) is 3. The molecule has 1 aliphatic rings. The van der Waals surface area contributed by atoms with Crippen molar-refractivity contribution in [2.24, 2.45) is 0 Å². The Balaban J connectivity index is 2.20. The predicted octanol–water partition coefficient (Wildman–Crippen LogP) is 2.75. The maximum absolute atomic E-state index is 12.9. The normalized spacial score (nSPS) is 15.6. The van der Waals surface area contributed by atoms with Crippen LogP contribution >= 0.6 is 0 Å². The van der Waals surface area contributed by atoms with Crippen molar-refractivity contribution in [2.45, 2.75) is 57.0 Å². The Hall–Kier alpha value is -0.910. The highest BCUT2D eigenvalue weighted by Gasteiger charge is 2.37. The third-order valence-corrected chi connectivity index (χ3v) is 5.72. The van der Waals surface area contributed by atoms with Crippen molar-refractivity contribution in [1.82, 2.24) is 9.62 Å². The van der Waals surface area contributed by atoms with Gasteiger partial charge in [-0.25, -0.2) is 8.42 Å². The summed E-state index contributed by atoms with van der Waals surface area (Å²) >= 11 is 0. The minimum atomic E-state index is -3.35. The fourth-order valence-electron chi connectivity index (χ4n) is 2.40. The van der Waals surface area contributed by atoms with Crippen LogP contribution in [-0.2, 0) is 16.6 Å². The van der Waals surface area contributed by atoms with Gasteiger partial charge in [0.1, 0.15) is 0 Å². The van der Waals surface area contributed by atoms with Gasteiger partial charge in [-0.1, -0.05) is 32.4 Å². The first-order valence-electron chi connectivity index (χ1n) is 7.91. The molecule has 1 aromatic carbocycles. The molecule has 0 atom stereocenters. The van der Waals surface area contributed by atoms with Crippen molar-refractivity contribution < 1.29 is 8.42 Å². The maximum atomic E-state index is 12.9. The van der Waals surface area contributed by atoms with Gasteiger partial charge in [0, 0.05) is 19.1 Å². The van der Waals surface area contributed by atoms with Gasteiger partial charge in [0.05, 0.1) is 4.90 Å². The van der Waals surface area contributed by atoms with Gasteiger partial charge in [-0.3, -0.25) is 0 Å². The van der Waals surface area contributed by atoms with E-state index in [9.17, 15) is 8.42 Å². The summed E-state index contributed by atoms with van der Waals surface area (Å²) in [6, 6.07) is 7.55. The molecule has 1 N–H and O–H groups in total. The number of unbranched alkanes of at least 4 members (excludes halogenated alkanes) is 1. The highest BCUT2D eigenvalue weighted by atomic mass is 32.2. The average molecular weight is 310 g/mol. The first-order valence-corrected chi connectivity index (χ1v) is 9.35. The highest BCUT2D eigenvalue weighted by Crippen LogP contribution is 2.32. The van der Waals surface area contributed by atoms with Gasteiger partial charge in [-0.05, 0) is 43.5 Å². The smallest absolute Gasteiger partial charge is 0.243 e. The first kappa shape index (κ1) is 16.5. The minimum absolute atomic E-state index is 0.221. The third kappa shape index (κ3) is 4.28. The van der Waals surface area contributed by atoms with Gasteiger partial charge in [-0.15, -0.1) is 0 Å². The lowest BCUT2D eigenvalue weighted by atomic mass is 10.2. The number of nitrogens with zero attached hydrogens (tertiary/aromatic N) is 1. The van der Waals surface area contributed by atoms with E-state index in [4.69, 9.17) is 0 Å². The third-order valence-electron chi connectivity index (χ3n) is 3.77. The van der Waals surface area contributed by atoms with Gasteiger partial charge in [0.25, 0.3) is 0 Å². The summed E-state index contributed by atoms with van der Waals surface area (Å²) in [5.74, 6) is 0. The number of benzene rings is 1. The number of nitrogens with one attached hydrogen (secondary N) is 1. The summed E-state index contributed by atoms with van der Waals surface area (Å²) in [4.78, 5) is 0.431. The van der Waals surface area contributed by atoms with Crippen molar-refractivity contribution in [3.05, 3.63) is 29.8 Å². The van der Waals surface area contributed by atoms with Gasteiger partial charge >= 0.3 is 0 Å².